The maximum absolute atomic E-state index is 5.81. The van der Waals surface area contributed by atoms with E-state index in [4.69, 9.17) is 6.53 Å². The van der Waals surface area contributed by atoms with E-state index < -0.39 is 9.56 Å². The summed E-state index contributed by atoms with van der Waals surface area (Å²) in [4.78, 5) is 0. The molecule has 0 aliphatic heterocycles. The zero-order valence-electron chi connectivity index (χ0n) is 26.8. The molecule has 0 atom stereocenters. The summed E-state index contributed by atoms with van der Waals surface area (Å²) in [7, 11) is 1.46. The second-order valence-corrected chi connectivity index (χ2v) is 9.63. The standard InChI is InChI=1S/C4H5B41S/c1-2-3-4-46(6)45-44-43-42-41-40-39-38-37-36-35-34-33-32-31-30-29-28-27-26-25-24-23-22-21-20-19-18-17-16-15-14-13-12-11-10-9-8-7-5/h2H,1,5H2. The Hall–Kier alpha value is 2.18. The topological polar surface area (TPSA) is 0 Å². The van der Waals surface area contributed by atoms with E-state index in [9.17, 15) is 0 Å². The van der Waals surface area contributed by atoms with Crippen molar-refractivity contribution in [1.29, 1.82) is 0 Å². The molecule has 0 aromatic heterocycles. The molecule has 150 valence electrons. The molecule has 0 bridgehead atoms. The number of rotatable bonds is 19. The van der Waals surface area contributed by atoms with Crippen LogP contribution in [0, 0.1) is 11.2 Å². The zero-order chi connectivity index (χ0) is 33.3. The van der Waals surface area contributed by atoms with Crippen molar-refractivity contribution in [3.8, 4) is 11.2 Å². The summed E-state index contributed by atoms with van der Waals surface area (Å²) in [6.07, 6.45) is 1.54. The molecular formula is C4H5B41S. The van der Waals surface area contributed by atoms with Gasteiger partial charge in [0.15, 0.2) is 0 Å². The molecule has 0 aromatic carbocycles. The van der Waals surface area contributed by atoms with Gasteiger partial charge in [0, 0.05) is 0 Å². The molecule has 0 heterocycles. The Kier molecular flexibility index (Phi) is 47.3. The molecule has 0 unspecified atom stereocenters. The monoisotopic (exact) mass is 536 g/mol. The Bertz CT molecular complexity index is 1630. The summed E-state index contributed by atoms with van der Waals surface area (Å²) < 4.78 is 0. The Morgan fingerprint density at radius 3 is 0.761 bits per heavy atom. The molecule has 0 nitrogen and oxygen atoms in total. The second-order valence-electron chi connectivity index (χ2n) is 8.41. The molecule has 0 saturated heterocycles. The second kappa shape index (κ2) is 45.2. The molecule has 0 N–H and O–H groups in total. The predicted octanol–water partition coefficient (Wildman–Crippen LogP) is -14.8. The molecule has 0 aliphatic rings. The van der Waals surface area contributed by atoms with Crippen molar-refractivity contribution in [3.05, 3.63) is 12.7 Å². The van der Waals surface area contributed by atoms with E-state index in [1.165, 1.54) is 6.08 Å². The SMILES string of the molecule is B#S(=BB=BB=BB=BB=BB=BB=BB=BB=BB=BB=BB=BB=BB=BB=BB=BB=BB=BB=BB=BB)C#CC=C. The average molecular weight is 528 g/mol. The van der Waals surface area contributed by atoms with Crippen molar-refractivity contribution < 1.29 is 0 Å². The molecular weight excluding hydrogens is 523 g/mol. The third-order valence-corrected chi connectivity index (χ3v) is 5.50. The summed E-state index contributed by atoms with van der Waals surface area (Å²) in [6, 6.07) is 1.86. The molecule has 46 heavy (non-hydrogen) atoms. The fraction of sp³-hybridized carbons (Fsp3) is 0. The van der Waals surface area contributed by atoms with Gasteiger partial charge in [0.05, 0.1) is 0 Å². The molecule has 0 saturated carbocycles. The van der Waals surface area contributed by atoms with Crippen LogP contribution in [-0.2, 0) is 0 Å². The zero-order valence-corrected chi connectivity index (χ0v) is 27.6. The fourth-order valence-corrected chi connectivity index (χ4v) is 3.18. The third-order valence-electron chi connectivity index (χ3n) is 4.70. The van der Waals surface area contributed by atoms with E-state index >= 15 is 0 Å². The van der Waals surface area contributed by atoms with Gasteiger partial charge in [0.25, 0.3) is 0 Å². The summed E-state index contributed by atoms with van der Waals surface area (Å²) in [6.45, 7) is 84.8. The van der Waals surface area contributed by atoms with Crippen molar-refractivity contribution >= 4 is 284 Å². The van der Waals surface area contributed by atoms with Gasteiger partial charge in [-0.05, 0) is 0 Å². The van der Waals surface area contributed by atoms with Crippen LogP contribution in [0.1, 0.15) is 0 Å². The summed E-state index contributed by atoms with van der Waals surface area (Å²) in [5, 5.41) is 2.86. The summed E-state index contributed by atoms with van der Waals surface area (Å²) in [5.41, 5.74) is 0. The van der Waals surface area contributed by atoms with Crippen LogP contribution in [0.15, 0.2) is 12.7 Å². The maximum atomic E-state index is 5.81. The van der Waals surface area contributed by atoms with E-state index in [-0.39, 0.29) is 0 Å². The van der Waals surface area contributed by atoms with Gasteiger partial charge in [-0.25, -0.2) is 0 Å². The number of allylic oxidation sites excluding steroid dienone is 1. The predicted molar refractivity (Wildman–Crippen MR) is 264 cm³/mol. The Morgan fingerprint density at radius 2 is 0.565 bits per heavy atom. The van der Waals surface area contributed by atoms with Crippen molar-refractivity contribution in [2.75, 3.05) is 0 Å². The first-order chi connectivity index (χ1) is 22.8. The van der Waals surface area contributed by atoms with Gasteiger partial charge in [-0.15, -0.1) is 0 Å². The van der Waals surface area contributed by atoms with Gasteiger partial charge in [-0.2, -0.15) is 0 Å². The Morgan fingerprint density at radius 1 is 0.370 bits per heavy atom. The molecule has 0 spiro atoms. The molecule has 0 aromatic rings. The van der Waals surface area contributed by atoms with Crippen molar-refractivity contribution in [3.63, 3.8) is 0 Å². The average Bonchev–Trinajstić information content (AvgIpc) is 3.06. The van der Waals surface area contributed by atoms with Crippen LogP contribution in [0.2, 0.25) is 0 Å². The van der Waals surface area contributed by atoms with Gasteiger partial charge in [0.1, 0.15) is 0 Å². The normalized spacial score (nSPS) is 8.09. The van der Waals surface area contributed by atoms with E-state index in [0.29, 0.717) is 0 Å². The van der Waals surface area contributed by atoms with Crippen molar-refractivity contribution in [2.45, 2.75) is 0 Å². The molecule has 0 amide bonds. The molecule has 0 radical (unpaired) electrons. The number of hydrogen-bond donors (Lipinski definition) is 0. The fourth-order valence-electron chi connectivity index (χ4n) is 2.63. The van der Waals surface area contributed by atoms with E-state index in [1.54, 1.807) is 0 Å². The van der Waals surface area contributed by atoms with Crippen molar-refractivity contribution in [2.24, 2.45) is 0 Å². The first-order valence-corrected chi connectivity index (χ1v) is 16.2. The first-order valence-electron chi connectivity index (χ1n) is 14.9. The molecule has 0 aliphatic carbocycles. The van der Waals surface area contributed by atoms with Crippen LogP contribution >= 0.6 is 9.56 Å². The van der Waals surface area contributed by atoms with Crippen LogP contribution in [0.3, 0.4) is 0 Å². The Balaban J connectivity index is 4.09. The third kappa shape index (κ3) is 44.2. The first kappa shape index (κ1) is 48.2. The van der Waals surface area contributed by atoms with E-state index in [1.807, 2.05) is 268 Å². The summed E-state index contributed by atoms with van der Waals surface area (Å²) >= 11 is 0. The molecule has 42 heteroatoms. The molecule has 0 rings (SSSR count). The van der Waals surface area contributed by atoms with Gasteiger partial charge in [-0.3, -0.25) is 0 Å². The summed E-state index contributed by atoms with van der Waals surface area (Å²) in [5.74, 6) is 2.75. The van der Waals surface area contributed by atoms with Crippen LogP contribution in [0.25, 0.3) is 0 Å². The van der Waals surface area contributed by atoms with Gasteiger partial charge >= 0.3 is 308 Å². The van der Waals surface area contributed by atoms with E-state index in [2.05, 4.69) is 17.8 Å². The minimum atomic E-state index is -0.536. The molecule has 0 fully saturated rings. The van der Waals surface area contributed by atoms with E-state index in [0.717, 1.165) is 0 Å². The van der Waals surface area contributed by atoms with Crippen LogP contribution in [0.4, 0.5) is 0 Å². The van der Waals surface area contributed by atoms with Crippen LogP contribution in [-0.4, -0.2) is 275 Å². The van der Waals surface area contributed by atoms with Crippen molar-refractivity contribution in [1.82, 2.24) is 0 Å². The van der Waals surface area contributed by atoms with Gasteiger partial charge < -0.3 is 0 Å². The number of hydrogen-bond acceptors (Lipinski definition) is 0. The minimum absolute atomic E-state index is 0.536. The van der Waals surface area contributed by atoms with Gasteiger partial charge in [-0.1, -0.05) is 0 Å². The van der Waals surface area contributed by atoms with Crippen LogP contribution < -0.4 is 0 Å². The van der Waals surface area contributed by atoms with Gasteiger partial charge in [0.2, 0.25) is 0 Å². The quantitative estimate of drug-likeness (QED) is 0.116. The Labute approximate surface area is 305 Å². The van der Waals surface area contributed by atoms with Crippen LogP contribution in [0.5, 0.6) is 0 Å².